The van der Waals surface area contributed by atoms with E-state index in [0.717, 1.165) is 16.7 Å². The summed E-state index contributed by atoms with van der Waals surface area (Å²) >= 11 is 0. The van der Waals surface area contributed by atoms with E-state index in [1.165, 1.54) is 0 Å². The predicted octanol–water partition coefficient (Wildman–Crippen LogP) is 3.20. The van der Waals surface area contributed by atoms with E-state index in [9.17, 15) is 9.59 Å². The van der Waals surface area contributed by atoms with Crippen LogP contribution in [-0.4, -0.2) is 24.5 Å². The summed E-state index contributed by atoms with van der Waals surface area (Å²) in [6, 6.07) is 5.75. The van der Waals surface area contributed by atoms with Crippen LogP contribution in [0.4, 0.5) is 0 Å². The molecule has 0 amide bonds. The molecule has 0 bridgehead atoms. The van der Waals surface area contributed by atoms with E-state index in [0.29, 0.717) is 5.76 Å². The van der Waals surface area contributed by atoms with Gasteiger partial charge in [-0.3, -0.25) is 4.79 Å². The minimum absolute atomic E-state index is 0.0238. The number of hydrogen-bond acceptors (Lipinski definition) is 4. The van der Waals surface area contributed by atoms with Gasteiger partial charge in [-0.2, -0.15) is 0 Å². The van der Waals surface area contributed by atoms with Crippen molar-refractivity contribution in [1.29, 1.82) is 0 Å². The maximum Gasteiger partial charge on any atom is 0.345 e. The van der Waals surface area contributed by atoms with E-state index in [1.807, 2.05) is 39.0 Å². The van der Waals surface area contributed by atoms with Gasteiger partial charge in [0.25, 0.3) is 0 Å². The molecule has 0 aliphatic carbocycles. The van der Waals surface area contributed by atoms with Crippen LogP contribution >= 0.6 is 0 Å². The lowest BCUT2D eigenvalue weighted by atomic mass is 9.89. The second-order valence-electron chi connectivity index (χ2n) is 5.70. The minimum atomic E-state index is -0.612. The molecule has 1 aliphatic rings. The fourth-order valence-electron chi connectivity index (χ4n) is 2.39. The van der Waals surface area contributed by atoms with Gasteiger partial charge in [0.05, 0.1) is 12.5 Å². The molecule has 1 aromatic carbocycles. The van der Waals surface area contributed by atoms with Gasteiger partial charge in [0.2, 0.25) is 0 Å². The van der Waals surface area contributed by atoms with Crippen LogP contribution in [-0.2, 0) is 19.1 Å². The summed E-state index contributed by atoms with van der Waals surface area (Å²) in [5, 5.41) is 0. The Bertz CT molecular complexity index is 642. The van der Waals surface area contributed by atoms with Crippen molar-refractivity contribution in [2.24, 2.45) is 5.92 Å². The molecule has 22 heavy (non-hydrogen) atoms. The second kappa shape index (κ2) is 6.34. The van der Waals surface area contributed by atoms with Crippen molar-refractivity contribution < 1.29 is 19.1 Å². The van der Waals surface area contributed by atoms with Crippen LogP contribution in [0.5, 0.6) is 0 Å². The molecule has 2 unspecified atom stereocenters. The highest BCUT2D eigenvalue weighted by atomic mass is 16.5. The van der Waals surface area contributed by atoms with Gasteiger partial charge >= 0.3 is 5.97 Å². The maximum absolute atomic E-state index is 12.5. The highest BCUT2D eigenvalue weighted by molar-refractivity contribution is 6.23. The average molecular weight is 302 g/mol. The molecule has 1 aliphatic heterocycles. The average Bonchev–Trinajstić information content (AvgIpc) is 2.47. The molecule has 4 heteroatoms. The van der Waals surface area contributed by atoms with Crippen molar-refractivity contribution in [3.63, 3.8) is 0 Å². The normalized spacial score (nSPS) is 21.6. The first-order chi connectivity index (χ1) is 10.4. The molecule has 0 fully saturated rings. The molecule has 2 atom stereocenters. The monoisotopic (exact) mass is 302 g/mol. The first kappa shape index (κ1) is 16.3. The lowest BCUT2D eigenvalue weighted by Gasteiger charge is -2.29. The van der Waals surface area contributed by atoms with E-state index in [1.54, 1.807) is 13.8 Å². The van der Waals surface area contributed by atoms with Crippen molar-refractivity contribution in [3.8, 4) is 0 Å². The number of Topliss-reactive ketones (excluding diaryl/α,β-unsaturated/α-hetero) is 1. The molecule has 1 aromatic rings. The van der Waals surface area contributed by atoms with E-state index >= 15 is 0 Å². The van der Waals surface area contributed by atoms with Gasteiger partial charge in [-0.25, -0.2) is 4.79 Å². The Morgan fingerprint density at radius 2 is 1.91 bits per heavy atom. The Balaban J connectivity index is 2.60. The summed E-state index contributed by atoms with van der Waals surface area (Å²) in [6.45, 7) is 9.54. The number of benzene rings is 1. The quantitative estimate of drug-likeness (QED) is 0.635. The van der Waals surface area contributed by atoms with Gasteiger partial charge in [-0.05, 0) is 44.9 Å². The zero-order valence-corrected chi connectivity index (χ0v) is 13.7. The lowest BCUT2D eigenvalue weighted by molar-refractivity contribution is -0.141. The molecule has 2 rings (SSSR count). The Hall–Kier alpha value is -2.10. The molecule has 0 spiro atoms. The van der Waals surface area contributed by atoms with Crippen LogP contribution < -0.4 is 0 Å². The van der Waals surface area contributed by atoms with Gasteiger partial charge < -0.3 is 9.47 Å². The Kier molecular flexibility index (Phi) is 4.69. The Morgan fingerprint density at radius 1 is 1.23 bits per heavy atom. The number of ether oxygens (including phenoxy) is 2. The van der Waals surface area contributed by atoms with Crippen molar-refractivity contribution in [3.05, 3.63) is 40.5 Å². The topological polar surface area (TPSA) is 52.6 Å². The first-order valence-electron chi connectivity index (χ1n) is 7.56. The van der Waals surface area contributed by atoms with Gasteiger partial charge in [0, 0.05) is 5.56 Å². The van der Waals surface area contributed by atoms with Crippen LogP contribution in [0.25, 0.3) is 5.76 Å². The third-order valence-electron chi connectivity index (χ3n) is 4.14. The van der Waals surface area contributed by atoms with Gasteiger partial charge in [-0.15, -0.1) is 0 Å². The Morgan fingerprint density at radius 3 is 2.50 bits per heavy atom. The first-order valence-corrected chi connectivity index (χ1v) is 7.56. The molecule has 0 N–H and O–H groups in total. The number of carbonyl (C=O) groups is 2. The highest BCUT2D eigenvalue weighted by Gasteiger charge is 2.38. The number of rotatable bonds is 3. The molecule has 0 aromatic heterocycles. The summed E-state index contributed by atoms with van der Waals surface area (Å²) in [7, 11) is 0. The largest absolute Gasteiger partial charge is 0.488 e. The molecule has 0 saturated heterocycles. The number of hydrogen-bond donors (Lipinski definition) is 0. The van der Waals surface area contributed by atoms with Gasteiger partial charge in [0.15, 0.2) is 5.78 Å². The summed E-state index contributed by atoms with van der Waals surface area (Å²) in [5.74, 6) is -0.864. The van der Waals surface area contributed by atoms with E-state index in [-0.39, 0.29) is 30.0 Å². The molecule has 0 radical (unpaired) electrons. The lowest BCUT2D eigenvalue weighted by Crippen LogP contribution is -2.35. The standard InChI is InChI=1S/C18H22O4/c1-6-21-18(20)15-16(19)12(4)13(5)22-17(15)14-8-7-10(2)11(3)9-14/h7-9,12-13H,6H2,1-5H3. The molecule has 4 nitrogen and oxygen atoms in total. The van der Waals surface area contributed by atoms with Crippen molar-refractivity contribution in [2.75, 3.05) is 6.61 Å². The van der Waals surface area contributed by atoms with Crippen LogP contribution in [0.1, 0.15) is 37.5 Å². The molecule has 0 saturated carbocycles. The molecule has 1 heterocycles. The summed E-state index contributed by atoms with van der Waals surface area (Å²) in [4.78, 5) is 24.8. The van der Waals surface area contributed by atoms with Crippen molar-refractivity contribution in [2.45, 2.75) is 40.7 Å². The number of carbonyl (C=O) groups excluding carboxylic acids is 2. The van der Waals surface area contributed by atoms with Crippen LogP contribution in [0.2, 0.25) is 0 Å². The van der Waals surface area contributed by atoms with Gasteiger partial charge in [-0.1, -0.05) is 19.1 Å². The zero-order valence-electron chi connectivity index (χ0n) is 13.7. The Labute approximate surface area is 131 Å². The second-order valence-corrected chi connectivity index (χ2v) is 5.70. The van der Waals surface area contributed by atoms with Crippen LogP contribution in [0.3, 0.4) is 0 Å². The van der Waals surface area contributed by atoms with E-state index in [2.05, 4.69) is 0 Å². The summed E-state index contributed by atoms with van der Waals surface area (Å²) in [6.07, 6.45) is -0.276. The zero-order chi connectivity index (χ0) is 16.4. The van der Waals surface area contributed by atoms with Crippen LogP contribution in [0.15, 0.2) is 23.8 Å². The van der Waals surface area contributed by atoms with Crippen molar-refractivity contribution in [1.82, 2.24) is 0 Å². The predicted molar refractivity (Wildman–Crippen MR) is 84.2 cm³/mol. The van der Waals surface area contributed by atoms with Crippen LogP contribution in [0, 0.1) is 19.8 Å². The third-order valence-corrected chi connectivity index (χ3v) is 4.14. The third kappa shape index (κ3) is 2.91. The SMILES string of the molecule is CCOC(=O)C1=C(c2ccc(C)c(C)c2)OC(C)C(C)C1=O. The highest BCUT2D eigenvalue weighted by Crippen LogP contribution is 2.33. The van der Waals surface area contributed by atoms with E-state index in [4.69, 9.17) is 9.47 Å². The number of esters is 1. The maximum atomic E-state index is 12.5. The molecular formula is C18H22O4. The minimum Gasteiger partial charge on any atom is -0.488 e. The molecular weight excluding hydrogens is 280 g/mol. The summed E-state index contributed by atoms with van der Waals surface area (Å²) < 4.78 is 10.9. The summed E-state index contributed by atoms with van der Waals surface area (Å²) in [5.41, 5.74) is 2.98. The van der Waals surface area contributed by atoms with Crippen molar-refractivity contribution >= 4 is 17.5 Å². The number of ketones is 1. The fraction of sp³-hybridized carbons (Fsp3) is 0.444. The van der Waals surface area contributed by atoms with E-state index < -0.39 is 5.97 Å². The fourth-order valence-corrected chi connectivity index (χ4v) is 2.39. The van der Waals surface area contributed by atoms with Gasteiger partial charge in [0.1, 0.15) is 17.4 Å². The smallest absolute Gasteiger partial charge is 0.345 e. The molecule has 118 valence electrons. The number of aryl methyl sites for hydroxylation is 2.